The van der Waals surface area contributed by atoms with E-state index in [0.29, 0.717) is 13.2 Å². The van der Waals surface area contributed by atoms with Crippen molar-refractivity contribution in [3.05, 3.63) is 108 Å². The number of aliphatic hydroxyl groups is 2. The van der Waals surface area contributed by atoms with Crippen LogP contribution in [0.2, 0.25) is 0 Å². The molecule has 0 spiro atoms. The summed E-state index contributed by atoms with van der Waals surface area (Å²) in [5, 5.41) is 20.7. The highest BCUT2D eigenvalue weighted by Gasteiger charge is 2.47. The minimum Gasteiger partial charge on any atom is -0.394 e. The van der Waals surface area contributed by atoms with Crippen LogP contribution < -0.4 is 0 Å². The normalized spacial score (nSPS) is 25.1. The number of ether oxygens (including phenoxy) is 4. The second kappa shape index (κ2) is 12.0. The number of hydrogen-bond acceptors (Lipinski definition) is 6. The highest BCUT2D eigenvalue weighted by Crippen LogP contribution is 2.29. The molecule has 1 fully saturated rings. The van der Waals surface area contributed by atoms with Crippen LogP contribution in [0.5, 0.6) is 0 Å². The van der Waals surface area contributed by atoms with Crippen LogP contribution in [0.4, 0.5) is 0 Å². The van der Waals surface area contributed by atoms with Crippen molar-refractivity contribution in [3.63, 3.8) is 0 Å². The standard InChI is InChI=1S/C27H30O6/c28-16-23-24(30-17-20-10-4-1-5-11-20)25(31-18-21-12-6-2-7-13-21)26(27(29)33-23)32-19-22-14-8-3-9-15-22/h1-15,23-29H,16-19H2/t23-,24+,25+,26-,27+/m1/s1. The molecule has 0 amide bonds. The lowest BCUT2D eigenvalue weighted by Crippen LogP contribution is -2.61. The van der Waals surface area contributed by atoms with Crippen molar-refractivity contribution in [2.24, 2.45) is 0 Å². The fourth-order valence-corrected chi connectivity index (χ4v) is 3.91. The summed E-state index contributed by atoms with van der Waals surface area (Å²) < 4.78 is 24.3. The van der Waals surface area contributed by atoms with Crippen LogP contribution in [0, 0.1) is 0 Å². The van der Waals surface area contributed by atoms with E-state index in [4.69, 9.17) is 18.9 Å². The van der Waals surface area contributed by atoms with Gasteiger partial charge in [0.05, 0.1) is 26.4 Å². The van der Waals surface area contributed by atoms with Gasteiger partial charge in [0, 0.05) is 0 Å². The predicted molar refractivity (Wildman–Crippen MR) is 123 cm³/mol. The lowest BCUT2D eigenvalue weighted by atomic mass is 9.98. The maximum Gasteiger partial charge on any atom is 0.184 e. The van der Waals surface area contributed by atoms with Crippen molar-refractivity contribution in [2.45, 2.75) is 50.5 Å². The van der Waals surface area contributed by atoms with E-state index in [1.165, 1.54) is 0 Å². The number of aliphatic hydroxyl groups excluding tert-OH is 2. The van der Waals surface area contributed by atoms with Gasteiger partial charge in [-0.2, -0.15) is 0 Å². The van der Waals surface area contributed by atoms with Gasteiger partial charge in [0.15, 0.2) is 6.29 Å². The Morgan fingerprint density at radius 3 is 1.39 bits per heavy atom. The second-order valence-electron chi connectivity index (χ2n) is 8.03. The lowest BCUT2D eigenvalue weighted by molar-refractivity contribution is -0.315. The van der Waals surface area contributed by atoms with Gasteiger partial charge >= 0.3 is 0 Å². The minimum absolute atomic E-state index is 0.284. The monoisotopic (exact) mass is 450 g/mol. The van der Waals surface area contributed by atoms with E-state index in [0.717, 1.165) is 16.7 Å². The zero-order chi connectivity index (χ0) is 22.9. The Balaban J connectivity index is 1.53. The van der Waals surface area contributed by atoms with Gasteiger partial charge in [-0.15, -0.1) is 0 Å². The first kappa shape index (κ1) is 23.6. The van der Waals surface area contributed by atoms with Gasteiger partial charge in [0.25, 0.3) is 0 Å². The third-order valence-corrected chi connectivity index (χ3v) is 5.65. The van der Waals surface area contributed by atoms with Gasteiger partial charge in [-0.05, 0) is 16.7 Å². The number of benzene rings is 3. The number of rotatable bonds is 10. The number of hydrogen-bond donors (Lipinski definition) is 2. The van der Waals surface area contributed by atoms with Gasteiger partial charge in [-0.3, -0.25) is 0 Å². The second-order valence-corrected chi connectivity index (χ2v) is 8.03. The zero-order valence-corrected chi connectivity index (χ0v) is 18.4. The molecule has 5 atom stereocenters. The first-order valence-electron chi connectivity index (χ1n) is 11.2. The van der Waals surface area contributed by atoms with E-state index in [1.54, 1.807) is 0 Å². The Hall–Kier alpha value is -2.58. The van der Waals surface area contributed by atoms with Crippen molar-refractivity contribution in [2.75, 3.05) is 6.61 Å². The predicted octanol–water partition coefficient (Wildman–Crippen LogP) is 3.45. The smallest absolute Gasteiger partial charge is 0.184 e. The molecule has 6 heteroatoms. The van der Waals surface area contributed by atoms with Crippen molar-refractivity contribution >= 4 is 0 Å². The highest BCUT2D eigenvalue weighted by atomic mass is 16.7. The van der Waals surface area contributed by atoms with Crippen LogP contribution in [-0.4, -0.2) is 47.5 Å². The maximum atomic E-state index is 10.7. The van der Waals surface area contributed by atoms with E-state index in [9.17, 15) is 10.2 Å². The third kappa shape index (κ3) is 6.48. The molecule has 3 aromatic rings. The molecule has 3 aromatic carbocycles. The molecule has 0 bridgehead atoms. The molecule has 1 aliphatic rings. The quantitative estimate of drug-likeness (QED) is 0.493. The lowest BCUT2D eigenvalue weighted by Gasteiger charge is -2.44. The molecule has 4 rings (SSSR count). The summed E-state index contributed by atoms with van der Waals surface area (Å²) in [5.41, 5.74) is 2.95. The van der Waals surface area contributed by atoms with E-state index in [-0.39, 0.29) is 13.2 Å². The molecule has 0 saturated carbocycles. The topological polar surface area (TPSA) is 77.4 Å². The Kier molecular flexibility index (Phi) is 8.60. The Bertz CT molecular complexity index is 937. The zero-order valence-electron chi connectivity index (χ0n) is 18.4. The van der Waals surface area contributed by atoms with Gasteiger partial charge in [-0.25, -0.2) is 0 Å². The Morgan fingerprint density at radius 2 is 0.970 bits per heavy atom. The summed E-state index contributed by atoms with van der Waals surface area (Å²) in [7, 11) is 0. The molecule has 0 radical (unpaired) electrons. The molecular formula is C27H30O6. The van der Waals surface area contributed by atoms with Crippen LogP contribution in [0.1, 0.15) is 16.7 Å². The third-order valence-electron chi connectivity index (χ3n) is 5.65. The van der Waals surface area contributed by atoms with Crippen molar-refractivity contribution in [1.82, 2.24) is 0 Å². The van der Waals surface area contributed by atoms with Crippen LogP contribution >= 0.6 is 0 Å². The van der Waals surface area contributed by atoms with Crippen molar-refractivity contribution < 1.29 is 29.2 Å². The van der Waals surface area contributed by atoms with Crippen LogP contribution in [0.25, 0.3) is 0 Å². The average Bonchev–Trinajstić information content (AvgIpc) is 2.87. The van der Waals surface area contributed by atoms with Crippen molar-refractivity contribution in [1.29, 1.82) is 0 Å². The average molecular weight is 451 g/mol. The first-order chi connectivity index (χ1) is 16.2. The van der Waals surface area contributed by atoms with E-state index in [1.807, 2.05) is 91.0 Å². The van der Waals surface area contributed by atoms with Crippen LogP contribution in [-0.2, 0) is 38.8 Å². The SMILES string of the molecule is OC[C@H]1O[C@H](O)[C@H](OCc2ccccc2)[C@@H](OCc2ccccc2)[C@H]1OCc1ccccc1. The van der Waals surface area contributed by atoms with Crippen LogP contribution in [0.3, 0.4) is 0 Å². The Labute approximate surface area is 194 Å². The molecule has 0 aliphatic carbocycles. The van der Waals surface area contributed by atoms with Crippen molar-refractivity contribution in [3.8, 4) is 0 Å². The summed E-state index contributed by atoms with van der Waals surface area (Å²) in [6.45, 7) is 0.601. The summed E-state index contributed by atoms with van der Waals surface area (Å²) in [4.78, 5) is 0. The summed E-state index contributed by atoms with van der Waals surface area (Å²) in [5.74, 6) is 0. The largest absolute Gasteiger partial charge is 0.394 e. The molecule has 1 aliphatic heterocycles. The summed E-state index contributed by atoms with van der Waals surface area (Å²) >= 11 is 0. The van der Waals surface area contributed by atoms with E-state index >= 15 is 0 Å². The molecule has 0 unspecified atom stereocenters. The van der Waals surface area contributed by atoms with Gasteiger partial charge in [0.2, 0.25) is 0 Å². The Morgan fingerprint density at radius 1 is 0.576 bits per heavy atom. The van der Waals surface area contributed by atoms with Gasteiger partial charge in [0.1, 0.15) is 24.4 Å². The van der Waals surface area contributed by atoms with E-state index < -0.39 is 30.7 Å². The molecule has 6 nitrogen and oxygen atoms in total. The molecule has 0 aromatic heterocycles. The highest BCUT2D eigenvalue weighted by molar-refractivity contribution is 5.15. The van der Waals surface area contributed by atoms with Gasteiger partial charge in [-0.1, -0.05) is 91.0 Å². The fraction of sp³-hybridized carbons (Fsp3) is 0.333. The fourth-order valence-electron chi connectivity index (χ4n) is 3.91. The molecule has 174 valence electrons. The molecule has 1 saturated heterocycles. The minimum atomic E-state index is -1.26. The molecule has 1 heterocycles. The summed E-state index contributed by atoms with van der Waals surface area (Å²) in [6.07, 6.45) is -4.09. The molecule has 33 heavy (non-hydrogen) atoms. The van der Waals surface area contributed by atoms with Gasteiger partial charge < -0.3 is 29.2 Å². The summed E-state index contributed by atoms with van der Waals surface area (Å²) in [6, 6.07) is 29.3. The maximum absolute atomic E-state index is 10.7. The van der Waals surface area contributed by atoms with Crippen LogP contribution in [0.15, 0.2) is 91.0 Å². The molecular weight excluding hydrogens is 420 g/mol. The first-order valence-corrected chi connectivity index (χ1v) is 11.2. The van der Waals surface area contributed by atoms with E-state index in [2.05, 4.69) is 0 Å². The molecule has 2 N–H and O–H groups in total.